The van der Waals surface area contributed by atoms with E-state index in [2.05, 4.69) is 18.7 Å². The van der Waals surface area contributed by atoms with Crippen molar-refractivity contribution < 1.29 is 19.4 Å². The third kappa shape index (κ3) is 4.34. The zero-order valence-corrected chi connectivity index (χ0v) is 22.6. The van der Waals surface area contributed by atoms with Crippen LogP contribution in [0.25, 0.3) is 5.76 Å². The van der Waals surface area contributed by atoms with Crippen molar-refractivity contribution >= 4 is 28.8 Å². The molecule has 1 N–H and O–H groups in total. The number of fused-ring (bicyclic) bond motifs is 1. The van der Waals surface area contributed by atoms with Crippen molar-refractivity contribution in [2.75, 3.05) is 22.9 Å². The zero-order chi connectivity index (χ0) is 27.1. The molecule has 0 radical (unpaired) electrons. The van der Waals surface area contributed by atoms with Gasteiger partial charge in [-0.2, -0.15) is 0 Å². The lowest BCUT2D eigenvalue weighted by Crippen LogP contribution is -2.30. The monoisotopic (exact) mass is 510 g/mol. The van der Waals surface area contributed by atoms with Crippen LogP contribution in [0, 0.1) is 13.8 Å². The summed E-state index contributed by atoms with van der Waals surface area (Å²) in [5.74, 6) is -0.719. The van der Waals surface area contributed by atoms with Gasteiger partial charge in [-0.05, 0) is 87.7 Å². The number of amides is 1. The van der Waals surface area contributed by atoms with E-state index in [1.54, 1.807) is 6.07 Å². The van der Waals surface area contributed by atoms with Gasteiger partial charge in [0.05, 0.1) is 11.6 Å². The Morgan fingerprint density at radius 1 is 1.00 bits per heavy atom. The summed E-state index contributed by atoms with van der Waals surface area (Å²) in [4.78, 5) is 30.9. The molecular formula is C32H34N2O4. The van der Waals surface area contributed by atoms with Crippen LogP contribution in [0.5, 0.6) is 5.75 Å². The smallest absolute Gasteiger partial charge is 0.300 e. The number of aliphatic hydroxyl groups excluding tert-OH is 1. The van der Waals surface area contributed by atoms with Gasteiger partial charge in [-0.25, -0.2) is 0 Å². The first-order valence-electron chi connectivity index (χ1n) is 13.3. The van der Waals surface area contributed by atoms with Crippen LogP contribution < -0.4 is 14.5 Å². The molecule has 196 valence electrons. The van der Waals surface area contributed by atoms with Crippen LogP contribution in [0.4, 0.5) is 11.4 Å². The maximum Gasteiger partial charge on any atom is 0.300 e. The summed E-state index contributed by atoms with van der Waals surface area (Å²) in [5, 5.41) is 11.6. The number of benzene rings is 3. The maximum atomic E-state index is 13.6. The quantitative estimate of drug-likeness (QED) is 0.247. The third-order valence-corrected chi connectivity index (χ3v) is 7.56. The largest absolute Gasteiger partial charge is 0.507 e. The fourth-order valence-corrected chi connectivity index (χ4v) is 5.65. The highest BCUT2D eigenvalue weighted by atomic mass is 16.5. The first kappa shape index (κ1) is 25.6. The lowest BCUT2D eigenvalue weighted by atomic mass is 9.94. The molecule has 3 aromatic rings. The van der Waals surface area contributed by atoms with Crippen molar-refractivity contribution in [2.24, 2.45) is 0 Å². The Bertz CT molecular complexity index is 1440. The molecule has 0 aromatic heterocycles. The molecule has 0 bridgehead atoms. The van der Waals surface area contributed by atoms with Crippen LogP contribution in [0.2, 0.25) is 0 Å². The van der Waals surface area contributed by atoms with Gasteiger partial charge in [0, 0.05) is 36.4 Å². The average molecular weight is 511 g/mol. The van der Waals surface area contributed by atoms with Gasteiger partial charge in [0.2, 0.25) is 0 Å². The zero-order valence-electron chi connectivity index (χ0n) is 22.6. The Balaban J connectivity index is 1.67. The molecule has 2 unspecified atom stereocenters. The minimum Gasteiger partial charge on any atom is -0.507 e. The Morgan fingerprint density at radius 2 is 1.71 bits per heavy atom. The fourth-order valence-electron chi connectivity index (χ4n) is 5.65. The van der Waals surface area contributed by atoms with Crippen LogP contribution in [-0.2, 0) is 16.0 Å². The van der Waals surface area contributed by atoms with E-state index in [0.29, 0.717) is 11.3 Å². The van der Waals surface area contributed by atoms with Crippen molar-refractivity contribution in [3.8, 4) is 5.75 Å². The number of nitrogens with zero attached hydrogens (tertiary/aromatic N) is 2. The number of hydrogen-bond donors (Lipinski definition) is 1. The van der Waals surface area contributed by atoms with E-state index in [1.165, 1.54) is 4.90 Å². The van der Waals surface area contributed by atoms with E-state index in [4.69, 9.17) is 4.74 Å². The lowest BCUT2D eigenvalue weighted by molar-refractivity contribution is -0.132. The molecule has 6 nitrogen and oxygen atoms in total. The summed E-state index contributed by atoms with van der Waals surface area (Å²) < 4.78 is 5.81. The summed E-state index contributed by atoms with van der Waals surface area (Å²) in [6.45, 7) is 11.9. The molecule has 38 heavy (non-hydrogen) atoms. The SMILES string of the molecule is CCN(CC)c1ccc(C2/C(=C(/O)c3ccc4c(c3)CC(C)O4)C(=O)C(=O)N2c2ccc(C)cc2C)cc1. The van der Waals surface area contributed by atoms with Crippen molar-refractivity contribution in [1.29, 1.82) is 0 Å². The van der Waals surface area contributed by atoms with Crippen LogP contribution in [0.1, 0.15) is 54.6 Å². The second kappa shape index (κ2) is 10.0. The van der Waals surface area contributed by atoms with Crippen LogP contribution >= 0.6 is 0 Å². The van der Waals surface area contributed by atoms with Gasteiger partial charge in [0.15, 0.2) is 0 Å². The number of aliphatic hydroxyl groups is 1. The minimum absolute atomic E-state index is 0.0572. The molecule has 3 aromatic carbocycles. The van der Waals surface area contributed by atoms with Crippen molar-refractivity contribution in [2.45, 2.75) is 53.2 Å². The van der Waals surface area contributed by atoms with Crippen LogP contribution in [0.3, 0.4) is 0 Å². The highest BCUT2D eigenvalue weighted by molar-refractivity contribution is 6.51. The van der Waals surface area contributed by atoms with E-state index in [9.17, 15) is 14.7 Å². The number of carbonyl (C=O) groups is 2. The van der Waals surface area contributed by atoms with Gasteiger partial charge in [-0.1, -0.05) is 29.8 Å². The predicted molar refractivity (Wildman–Crippen MR) is 151 cm³/mol. The molecule has 0 saturated carbocycles. The van der Waals surface area contributed by atoms with Gasteiger partial charge in [0.1, 0.15) is 17.6 Å². The molecule has 2 atom stereocenters. The Labute approximate surface area is 224 Å². The van der Waals surface area contributed by atoms with E-state index < -0.39 is 17.7 Å². The number of rotatable bonds is 6. The predicted octanol–water partition coefficient (Wildman–Crippen LogP) is 6.10. The van der Waals surface area contributed by atoms with Crippen molar-refractivity contribution in [1.82, 2.24) is 0 Å². The molecule has 6 heteroatoms. The number of carbonyl (C=O) groups excluding carboxylic acids is 2. The minimum atomic E-state index is -0.759. The topological polar surface area (TPSA) is 70.1 Å². The second-order valence-electron chi connectivity index (χ2n) is 10.2. The molecular weight excluding hydrogens is 476 g/mol. The molecule has 2 aliphatic heterocycles. The summed E-state index contributed by atoms with van der Waals surface area (Å²) in [7, 11) is 0. The Hall–Kier alpha value is -4.06. The highest BCUT2D eigenvalue weighted by Crippen LogP contribution is 2.44. The molecule has 1 saturated heterocycles. The number of Topliss-reactive ketones (excluding diaryl/α,β-unsaturated/α-hetero) is 1. The third-order valence-electron chi connectivity index (χ3n) is 7.56. The standard InChI is InChI=1S/C32H34N2O4/c1-6-33(7-2)25-12-9-22(10-13-25)29-28(30(35)23-11-15-27-24(18-23)17-21(5)38-27)31(36)32(37)34(29)26-14-8-19(3)16-20(26)4/h8-16,18,21,29,35H,6-7,17H2,1-5H3/b30-28-. The summed E-state index contributed by atoms with van der Waals surface area (Å²) in [6.07, 6.45) is 0.783. The number of hydrogen-bond acceptors (Lipinski definition) is 5. The van der Waals surface area contributed by atoms with Gasteiger partial charge < -0.3 is 14.7 Å². The van der Waals surface area contributed by atoms with Crippen LogP contribution in [0.15, 0.2) is 66.2 Å². The van der Waals surface area contributed by atoms with Gasteiger partial charge in [-0.15, -0.1) is 0 Å². The van der Waals surface area contributed by atoms with E-state index in [0.717, 1.165) is 53.2 Å². The molecule has 1 amide bonds. The molecule has 2 heterocycles. The molecule has 5 rings (SSSR count). The number of ketones is 1. The molecule has 1 fully saturated rings. The van der Waals surface area contributed by atoms with Crippen LogP contribution in [-0.4, -0.2) is 36.0 Å². The Morgan fingerprint density at radius 3 is 2.37 bits per heavy atom. The van der Waals surface area contributed by atoms with E-state index >= 15 is 0 Å². The van der Waals surface area contributed by atoms with Gasteiger partial charge in [0.25, 0.3) is 11.7 Å². The second-order valence-corrected chi connectivity index (χ2v) is 10.2. The number of ether oxygens (including phenoxy) is 1. The summed E-state index contributed by atoms with van der Waals surface area (Å²) in [5.41, 5.74) is 6.02. The van der Waals surface area contributed by atoms with Gasteiger partial charge in [-0.3, -0.25) is 14.5 Å². The highest BCUT2D eigenvalue weighted by Gasteiger charge is 2.47. The lowest BCUT2D eigenvalue weighted by Gasteiger charge is -2.28. The maximum absolute atomic E-state index is 13.6. The van der Waals surface area contributed by atoms with E-state index in [1.807, 2.05) is 75.4 Å². The van der Waals surface area contributed by atoms with Gasteiger partial charge >= 0.3 is 0 Å². The fraction of sp³-hybridized carbons (Fsp3) is 0.312. The Kier molecular flexibility index (Phi) is 6.74. The number of aryl methyl sites for hydroxylation is 2. The molecule has 0 spiro atoms. The van der Waals surface area contributed by atoms with Crippen molar-refractivity contribution in [3.05, 3.63) is 94.1 Å². The summed E-state index contributed by atoms with van der Waals surface area (Å²) >= 11 is 0. The average Bonchev–Trinajstić information content (AvgIpc) is 3.40. The number of anilines is 2. The van der Waals surface area contributed by atoms with E-state index in [-0.39, 0.29) is 17.4 Å². The first-order valence-corrected chi connectivity index (χ1v) is 13.3. The summed E-state index contributed by atoms with van der Waals surface area (Å²) in [6, 6.07) is 18.4. The molecule has 0 aliphatic carbocycles. The molecule has 2 aliphatic rings. The normalized spacial score (nSPS) is 20.0. The first-order chi connectivity index (χ1) is 18.2. The van der Waals surface area contributed by atoms with Crippen molar-refractivity contribution in [3.63, 3.8) is 0 Å².